The summed E-state index contributed by atoms with van der Waals surface area (Å²) in [5, 5.41) is 0. The molecule has 0 aromatic rings. The van der Waals surface area contributed by atoms with Crippen molar-refractivity contribution in [2.45, 2.75) is 238 Å². The van der Waals surface area contributed by atoms with E-state index in [1.807, 2.05) is 0 Å². The Kier molecular flexibility index (Phi) is 33.0. The van der Waals surface area contributed by atoms with Gasteiger partial charge in [-0.3, -0.25) is 14.1 Å². The Hall–Kier alpha value is -1.25. The van der Waals surface area contributed by atoms with Gasteiger partial charge in [0.15, 0.2) is 6.10 Å². The van der Waals surface area contributed by atoms with Gasteiger partial charge in [-0.05, 0) is 38.5 Å². The van der Waals surface area contributed by atoms with Crippen molar-refractivity contribution < 1.29 is 42.7 Å². The lowest BCUT2D eigenvalue weighted by Gasteiger charge is -2.18. The van der Waals surface area contributed by atoms with Gasteiger partial charge in [-0.15, -0.1) is 0 Å². The molecule has 0 aromatic carbocycles. The van der Waals surface area contributed by atoms with Crippen molar-refractivity contribution in [3.8, 4) is 0 Å². The first-order valence-corrected chi connectivity index (χ1v) is 23.6. The number of epoxide rings is 1. The molecule has 2 unspecified atom stereocenters. The summed E-state index contributed by atoms with van der Waals surface area (Å²) in [6.07, 6.45) is 41.1. The Morgan fingerprint density at radius 3 is 1.55 bits per heavy atom. The highest BCUT2D eigenvalue weighted by atomic mass is 31.2. The van der Waals surface area contributed by atoms with E-state index in [-0.39, 0.29) is 19.4 Å². The topological polar surface area (TPSA) is 132 Å². The van der Waals surface area contributed by atoms with Gasteiger partial charge >= 0.3 is 19.8 Å². The molecular formula is C43H81O9P. The smallest absolute Gasteiger partial charge is 0.462 e. The lowest BCUT2D eigenvalue weighted by atomic mass is 10.0. The number of allylic oxidation sites excluding steroid dienone is 1. The molecule has 0 saturated carbocycles. The minimum absolute atomic E-state index is 0.212. The highest BCUT2D eigenvalue weighted by Crippen LogP contribution is 2.36. The van der Waals surface area contributed by atoms with E-state index in [0.29, 0.717) is 25.0 Å². The average molecular weight is 773 g/mol. The van der Waals surface area contributed by atoms with Crippen LogP contribution in [0.1, 0.15) is 219 Å². The van der Waals surface area contributed by atoms with Crippen molar-refractivity contribution in [1.82, 2.24) is 0 Å². The Morgan fingerprint density at radius 1 is 0.585 bits per heavy atom. The van der Waals surface area contributed by atoms with Crippen molar-refractivity contribution in [2.24, 2.45) is 0 Å². The molecule has 1 aliphatic heterocycles. The summed E-state index contributed by atoms with van der Waals surface area (Å²) in [5.41, 5.74) is 0. The van der Waals surface area contributed by atoms with Crippen LogP contribution in [0.5, 0.6) is 0 Å². The standard InChI is InChI=1S/C43H81O9P/c1-3-5-7-8-9-10-11-12-13-14-15-16-17-18-19-20-25-28-32-36-43(45)51-39(38-50-53(46,47)48)37-49-42(44)35-31-27-24-22-21-23-26-30-34-41-40(52-41)33-29-6-4-2/h26,30,39-41H,3-25,27-29,31-38H2,1-2H3,(H2,46,47,48)/b30-26-/t39-,40?,41?/m1/s1. The zero-order chi connectivity index (χ0) is 38.7. The first-order valence-electron chi connectivity index (χ1n) is 22.1. The third-order valence-corrected chi connectivity index (χ3v) is 10.7. The average Bonchev–Trinajstić information content (AvgIpc) is 3.88. The molecule has 312 valence electrons. The molecule has 1 heterocycles. The van der Waals surface area contributed by atoms with E-state index in [1.165, 1.54) is 122 Å². The molecule has 0 radical (unpaired) electrons. The molecule has 0 amide bonds. The summed E-state index contributed by atoms with van der Waals surface area (Å²) in [6.45, 7) is 3.67. The van der Waals surface area contributed by atoms with Crippen LogP contribution in [-0.2, 0) is 32.9 Å². The number of hydrogen-bond donors (Lipinski definition) is 2. The molecule has 10 heteroatoms. The SMILES string of the molecule is CCCCCCCCCCCCCCCCCCCCCC(=O)O[C@H](COC(=O)CCCCCCC/C=C\CC1OC1CCCCC)COP(=O)(O)O. The number of phosphoric ester groups is 1. The maximum Gasteiger partial charge on any atom is 0.469 e. The second-order valence-electron chi connectivity index (χ2n) is 15.4. The fourth-order valence-electron chi connectivity index (χ4n) is 6.79. The van der Waals surface area contributed by atoms with Crippen LogP contribution in [0, 0.1) is 0 Å². The van der Waals surface area contributed by atoms with E-state index in [9.17, 15) is 14.2 Å². The summed E-state index contributed by atoms with van der Waals surface area (Å²) in [7, 11) is -4.76. The Bertz CT molecular complexity index is 937. The van der Waals surface area contributed by atoms with Gasteiger partial charge in [0.1, 0.15) is 6.61 Å². The molecule has 2 N–H and O–H groups in total. The first-order chi connectivity index (χ1) is 25.7. The Balaban J connectivity index is 2.02. The monoisotopic (exact) mass is 773 g/mol. The predicted octanol–water partition coefficient (Wildman–Crippen LogP) is 12.4. The van der Waals surface area contributed by atoms with Crippen molar-refractivity contribution in [3.63, 3.8) is 0 Å². The summed E-state index contributed by atoms with van der Waals surface area (Å²) < 4.78 is 32.2. The number of carbonyl (C=O) groups is 2. The van der Waals surface area contributed by atoms with Gasteiger partial charge in [0, 0.05) is 12.8 Å². The van der Waals surface area contributed by atoms with Gasteiger partial charge in [0.25, 0.3) is 0 Å². The number of hydrogen-bond acceptors (Lipinski definition) is 7. The molecule has 1 aliphatic rings. The van der Waals surface area contributed by atoms with E-state index >= 15 is 0 Å². The number of phosphoric acid groups is 1. The van der Waals surface area contributed by atoms with Gasteiger partial charge in [-0.2, -0.15) is 0 Å². The molecular weight excluding hydrogens is 691 g/mol. The fourth-order valence-corrected chi connectivity index (χ4v) is 7.15. The molecule has 9 nitrogen and oxygen atoms in total. The van der Waals surface area contributed by atoms with Crippen LogP contribution in [0.4, 0.5) is 0 Å². The van der Waals surface area contributed by atoms with Gasteiger partial charge in [-0.1, -0.05) is 180 Å². The zero-order valence-electron chi connectivity index (χ0n) is 34.1. The van der Waals surface area contributed by atoms with E-state index in [0.717, 1.165) is 57.8 Å². The van der Waals surface area contributed by atoms with Crippen molar-refractivity contribution in [1.29, 1.82) is 0 Å². The largest absolute Gasteiger partial charge is 0.469 e. The van der Waals surface area contributed by atoms with E-state index in [1.54, 1.807) is 0 Å². The summed E-state index contributed by atoms with van der Waals surface area (Å²) >= 11 is 0. The van der Waals surface area contributed by atoms with E-state index in [4.69, 9.17) is 24.0 Å². The molecule has 0 aromatic heterocycles. The van der Waals surface area contributed by atoms with Crippen LogP contribution in [0.2, 0.25) is 0 Å². The Morgan fingerprint density at radius 2 is 1.04 bits per heavy atom. The molecule has 53 heavy (non-hydrogen) atoms. The first kappa shape index (κ1) is 49.8. The normalized spacial score (nSPS) is 16.3. The molecule has 0 aliphatic carbocycles. The third kappa shape index (κ3) is 34.9. The number of carbonyl (C=O) groups excluding carboxylic acids is 2. The lowest BCUT2D eigenvalue weighted by Crippen LogP contribution is -2.29. The summed E-state index contributed by atoms with van der Waals surface area (Å²) in [4.78, 5) is 42.9. The van der Waals surface area contributed by atoms with Crippen LogP contribution < -0.4 is 0 Å². The number of ether oxygens (including phenoxy) is 3. The maximum absolute atomic E-state index is 12.4. The molecule has 1 saturated heterocycles. The zero-order valence-corrected chi connectivity index (χ0v) is 35.0. The maximum atomic E-state index is 12.4. The fraction of sp³-hybridized carbons (Fsp3) is 0.907. The molecule has 1 rings (SSSR count). The number of unbranched alkanes of at least 4 members (excludes halogenated alkanes) is 25. The predicted molar refractivity (Wildman–Crippen MR) is 216 cm³/mol. The van der Waals surface area contributed by atoms with E-state index < -0.39 is 32.5 Å². The number of rotatable bonds is 40. The van der Waals surface area contributed by atoms with Crippen molar-refractivity contribution in [2.75, 3.05) is 13.2 Å². The minimum atomic E-state index is -4.76. The summed E-state index contributed by atoms with van der Waals surface area (Å²) in [6, 6.07) is 0. The van der Waals surface area contributed by atoms with Crippen LogP contribution in [0.25, 0.3) is 0 Å². The van der Waals surface area contributed by atoms with Crippen LogP contribution in [0.15, 0.2) is 12.2 Å². The van der Waals surface area contributed by atoms with Crippen molar-refractivity contribution in [3.05, 3.63) is 12.2 Å². The van der Waals surface area contributed by atoms with Crippen LogP contribution in [-0.4, -0.2) is 53.3 Å². The highest BCUT2D eigenvalue weighted by Gasteiger charge is 2.36. The van der Waals surface area contributed by atoms with Gasteiger partial charge in [-0.25, -0.2) is 4.57 Å². The lowest BCUT2D eigenvalue weighted by molar-refractivity contribution is -0.161. The van der Waals surface area contributed by atoms with E-state index in [2.05, 4.69) is 30.5 Å². The van der Waals surface area contributed by atoms with Crippen molar-refractivity contribution >= 4 is 19.8 Å². The second kappa shape index (κ2) is 35.2. The molecule has 0 bridgehead atoms. The second-order valence-corrected chi connectivity index (χ2v) is 16.7. The van der Waals surface area contributed by atoms with Crippen LogP contribution >= 0.6 is 7.82 Å². The quantitative estimate of drug-likeness (QED) is 0.0205. The minimum Gasteiger partial charge on any atom is -0.462 e. The van der Waals surface area contributed by atoms with Crippen LogP contribution in [0.3, 0.4) is 0 Å². The molecule has 3 atom stereocenters. The van der Waals surface area contributed by atoms with Gasteiger partial charge in [0.05, 0.1) is 18.8 Å². The third-order valence-electron chi connectivity index (χ3n) is 10.2. The van der Waals surface area contributed by atoms with Gasteiger partial charge < -0.3 is 24.0 Å². The number of esters is 2. The molecule has 1 fully saturated rings. The van der Waals surface area contributed by atoms with Gasteiger partial charge in [0.2, 0.25) is 0 Å². The molecule has 0 spiro atoms. The summed E-state index contributed by atoms with van der Waals surface area (Å²) in [5.74, 6) is -0.895. The highest BCUT2D eigenvalue weighted by molar-refractivity contribution is 7.46. The Labute approximate surface area is 324 Å².